The highest BCUT2D eigenvalue weighted by Gasteiger charge is 2.34. The van der Waals surface area contributed by atoms with Gasteiger partial charge in [0.2, 0.25) is 0 Å². The van der Waals surface area contributed by atoms with Crippen LogP contribution in [0.15, 0.2) is 22.3 Å². The molecule has 3 rings (SSSR count). The second-order valence-corrected chi connectivity index (χ2v) is 9.71. The Hall–Kier alpha value is -0.440. The largest absolute Gasteiger partial charge is 0.457 e. The Morgan fingerprint density at radius 2 is 1.69 bits per heavy atom. The van der Waals surface area contributed by atoms with E-state index in [0.29, 0.717) is 18.8 Å². The summed E-state index contributed by atoms with van der Waals surface area (Å²) in [7, 11) is 0. The first kappa shape index (κ1) is 23.2. The Morgan fingerprint density at radius 1 is 1.00 bits per heavy atom. The highest BCUT2D eigenvalue weighted by Crippen LogP contribution is 2.31. The topological polar surface area (TPSA) is 65.0 Å². The van der Waals surface area contributed by atoms with Gasteiger partial charge in [-0.1, -0.05) is 48.6 Å². The van der Waals surface area contributed by atoms with Crippen LogP contribution in [0.2, 0.25) is 0 Å². The number of aliphatic hydroxyl groups is 1. The third kappa shape index (κ3) is 7.33. The fourth-order valence-electron chi connectivity index (χ4n) is 4.74. The Morgan fingerprint density at radius 3 is 2.45 bits per heavy atom. The summed E-state index contributed by atoms with van der Waals surface area (Å²) in [5, 5.41) is 10.3. The summed E-state index contributed by atoms with van der Waals surface area (Å²) >= 11 is 2.16. The highest BCUT2D eigenvalue weighted by atomic mass is 127. The van der Waals surface area contributed by atoms with Crippen LogP contribution in [0.5, 0.6) is 0 Å². The molecule has 0 unspecified atom stereocenters. The van der Waals surface area contributed by atoms with Crippen molar-refractivity contribution in [2.75, 3.05) is 0 Å². The van der Waals surface area contributed by atoms with Crippen LogP contribution in [0.1, 0.15) is 65.2 Å². The molecule has 0 amide bonds. The first-order chi connectivity index (χ1) is 13.9. The number of ether oxygens (including phenoxy) is 3. The fraction of sp³-hybridized carbons (Fsp3) is 0.783. The smallest absolute Gasteiger partial charge is 0.309 e. The Bertz CT molecular complexity index is 592. The molecule has 0 aromatic rings. The van der Waals surface area contributed by atoms with Gasteiger partial charge in [-0.15, -0.1) is 0 Å². The number of carbonyl (C=O) groups excluding carboxylic acids is 1. The van der Waals surface area contributed by atoms with E-state index in [0.717, 1.165) is 25.7 Å². The highest BCUT2D eigenvalue weighted by molar-refractivity contribution is 14.1. The monoisotopic (exact) mass is 518 g/mol. The third-order valence-electron chi connectivity index (χ3n) is 6.24. The standard InChI is InChI=1S/C23H35IO5/c1-15-6-7-16(2)22(8-9-24)29-23(26)14-21-12-17(25)11-20(28-21)13-19-5-3-4-18(10-15)27-19/h6-9,15-22,25H,3-5,10-14H2,1-2H3/b7-6+,9-8+/t15-,16-,17+,18+,19-,20+,21-,22-/m0/s1. The molecule has 0 saturated carbocycles. The Kier molecular flexibility index (Phi) is 9.02. The molecule has 4 bridgehead atoms. The first-order valence-corrected chi connectivity index (χ1v) is 12.3. The number of hydrogen-bond acceptors (Lipinski definition) is 5. The number of carbonyl (C=O) groups is 1. The van der Waals surface area contributed by atoms with Crippen LogP contribution in [0.4, 0.5) is 0 Å². The molecule has 2 saturated heterocycles. The molecule has 8 atom stereocenters. The van der Waals surface area contributed by atoms with Gasteiger partial charge in [-0.3, -0.25) is 4.79 Å². The molecule has 0 aromatic heterocycles. The number of aliphatic hydroxyl groups excluding tert-OH is 1. The second-order valence-electron chi connectivity index (χ2n) is 8.99. The van der Waals surface area contributed by atoms with Crippen molar-refractivity contribution in [3.05, 3.63) is 22.3 Å². The lowest BCUT2D eigenvalue weighted by Gasteiger charge is -2.37. The molecule has 1 N–H and O–H groups in total. The van der Waals surface area contributed by atoms with Crippen molar-refractivity contribution in [2.45, 2.75) is 102 Å². The van der Waals surface area contributed by atoms with Gasteiger partial charge < -0.3 is 19.3 Å². The molecule has 164 valence electrons. The molecule has 0 aromatic carbocycles. The third-order valence-corrected chi connectivity index (χ3v) is 6.65. The maximum Gasteiger partial charge on any atom is 0.309 e. The Balaban J connectivity index is 1.77. The average Bonchev–Trinajstić information content (AvgIpc) is 2.65. The molecule has 29 heavy (non-hydrogen) atoms. The fourth-order valence-corrected chi connectivity index (χ4v) is 5.15. The molecule has 3 heterocycles. The number of cyclic esters (lactones) is 1. The van der Waals surface area contributed by atoms with Gasteiger partial charge in [0.25, 0.3) is 0 Å². The van der Waals surface area contributed by atoms with Crippen LogP contribution in [0, 0.1) is 11.8 Å². The van der Waals surface area contributed by atoms with Gasteiger partial charge in [-0.2, -0.15) is 0 Å². The summed E-state index contributed by atoms with van der Waals surface area (Å²) in [5.41, 5.74) is 0. The number of hydrogen-bond donors (Lipinski definition) is 1. The van der Waals surface area contributed by atoms with Crippen molar-refractivity contribution in [2.24, 2.45) is 11.8 Å². The van der Waals surface area contributed by atoms with E-state index < -0.39 is 6.10 Å². The molecule has 2 fully saturated rings. The first-order valence-electron chi connectivity index (χ1n) is 11.1. The van der Waals surface area contributed by atoms with Crippen LogP contribution in [0.25, 0.3) is 0 Å². The van der Waals surface area contributed by atoms with E-state index in [2.05, 4.69) is 48.6 Å². The molecule has 6 heteroatoms. The zero-order chi connectivity index (χ0) is 20.8. The number of halogens is 1. The van der Waals surface area contributed by atoms with E-state index in [1.165, 1.54) is 6.42 Å². The molecular weight excluding hydrogens is 483 g/mol. The number of fused-ring (bicyclic) bond motifs is 4. The quantitative estimate of drug-likeness (QED) is 0.310. The molecule has 5 nitrogen and oxygen atoms in total. The maximum atomic E-state index is 12.6. The van der Waals surface area contributed by atoms with Crippen LogP contribution in [0.3, 0.4) is 0 Å². The maximum absolute atomic E-state index is 12.6. The van der Waals surface area contributed by atoms with E-state index in [9.17, 15) is 9.90 Å². The van der Waals surface area contributed by atoms with Gasteiger partial charge in [0.05, 0.1) is 36.9 Å². The number of allylic oxidation sites excluding steroid dienone is 1. The summed E-state index contributed by atoms with van der Waals surface area (Å²) in [4.78, 5) is 12.6. The normalized spacial score (nSPS) is 43.7. The molecule has 0 radical (unpaired) electrons. The van der Waals surface area contributed by atoms with Crippen LogP contribution in [-0.2, 0) is 19.0 Å². The molecule has 0 spiro atoms. The minimum atomic E-state index is -0.434. The van der Waals surface area contributed by atoms with Crippen molar-refractivity contribution in [3.8, 4) is 0 Å². The zero-order valence-corrected chi connectivity index (χ0v) is 19.7. The van der Waals surface area contributed by atoms with Gasteiger partial charge in [0.1, 0.15) is 6.10 Å². The lowest BCUT2D eigenvalue weighted by Crippen LogP contribution is -2.40. The molecule has 0 aliphatic carbocycles. The van der Waals surface area contributed by atoms with Crippen molar-refractivity contribution < 1.29 is 24.1 Å². The molecule has 3 aliphatic rings. The van der Waals surface area contributed by atoms with E-state index in [1.54, 1.807) is 0 Å². The number of rotatable bonds is 1. The minimum Gasteiger partial charge on any atom is -0.457 e. The van der Waals surface area contributed by atoms with Crippen LogP contribution >= 0.6 is 22.6 Å². The van der Waals surface area contributed by atoms with Gasteiger partial charge in [-0.05, 0) is 54.6 Å². The van der Waals surface area contributed by atoms with Crippen LogP contribution < -0.4 is 0 Å². The molecular formula is C23H35IO5. The summed E-state index contributed by atoms with van der Waals surface area (Å²) in [6.45, 7) is 4.30. The predicted octanol–water partition coefficient (Wildman–Crippen LogP) is 4.71. The Labute approximate surface area is 188 Å². The molecule has 3 aliphatic heterocycles. The predicted molar refractivity (Wildman–Crippen MR) is 121 cm³/mol. The summed E-state index contributed by atoms with van der Waals surface area (Å²) in [5.74, 6) is 0.230. The van der Waals surface area contributed by atoms with Crippen LogP contribution in [-0.4, -0.2) is 47.7 Å². The van der Waals surface area contributed by atoms with E-state index >= 15 is 0 Å². The SMILES string of the molecule is C[C@H]1/C=C/[C@H](C)[C@H](/C=C/I)OC(=O)C[C@@H]2C[C@H](O)C[C@H](C[C@@H]3CCC[C@H](C1)O3)O2. The van der Waals surface area contributed by atoms with Crippen molar-refractivity contribution >= 4 is 28.6 Å². The van der Waals surface area contributed by atoms with Gasteiger partial charge in [0, 0.05) is 12.3 Å². The van der Waals surface area contributed by atoms with Gasteiger partial charge in [0.15, 0.2) is 0 Å². The van der Waals surface area contributed by atoms with E-state index in [1.807, 2.05) is 10.2 Å². The second kappa shape index (κ2) is 11.3. The minimum absolute atomic E-state index is 0.0607. The van der Waals surface area contributed by atoms with E-state index in [4.69, 9.17) is 14.2 Å². The van der Waals surface area contributed by atoms with E-state index in [-0.39, 0.29) is 48.8 Å². The summed E-state index contributed by atoms with van der Waals surface area (Å²) < 4.78 is 20.3. The van der Waals surface area contributed by atoms with Crippen molar-refractivity contribution in [1.82, 2.24) is 0 Å². The average molecular weight is 518 g/mol. The lowest BCUT2D eigenvalue weighted by atomic mass is 9.91. The number of esters is 1. The lowest BCUT2D eigenvalue weighted by molar-refractivity contribution is -0.161. The van der Waals surface area contributed by atoms with Crippen molar-refractivity contribution in [3.63, 3.8) is 0 Å². The summed E-state index contributed by atoms with van der Waals surface area (Å²) in [6, 6.07) is 0. The van der Waals surface area contributed by atoms with Gasteiger partial charge >= 0.3 is 5.97 Å². The summed E-state index contributed by atoms with van der Waals surface area (Å²) in [6.07, 6.45) is 12.1. The van der Waals surface area contributed by atoms with Crippen molar-refractivity contribution in [1.29, 1.82) is 0 Å². The zero-order valence-electron chi connectivity index (χ0n) is 17.5. The van der Waals surface area contributed by atoms with Gasteiger partial charge in [-0.25, -0.2) is 0 Å².